The first kappa shape index (κ1) is 42.3. The van der Waals surface area contributed by atoms with Gasteiger partial charge in [0.25, 0.3) is 0 Å². The van der Waals surface area contributed by atoms with Crippen molar-refractivity contribution in [3.8, 4) is 34.8 Å². The molecule has 7 aliphatic heterocycles. The minimum atomic E-state index is -1.79. The minimum absolute atomic E-state index is 0.103. The van der Waals surface area contributed by atoms with Gasteiger partial charge in [-0.25, -0.2) is 14.4 Å². The molecule has 1 amide bonds. The van der Waals surface area contributed by atoms with Gasteiger partial charge in [-0.3, -0.25) is 19.5 Å². The van der Waals surface area contributed by atoms with E-state index in [0.29, 0.717) is 63.6 Å². The molecule has 2 unspecified atom stereocenters. The number of hydrogen-bond donors (Lipinski definition) is 1. The maximum absolute atomic E-state index is 15.5. The highest BCUT2D eigenvalue weighted by molar-refractivity contribution is 7.99. The molecule has 1 aromatic heterocycles. The lowest BCUT2D eigenvalue weighted by Gasteiger charge is -2.62. The molecule has 3 aromatic carbocycles. The van der Waals surface area contributed by atoms with Crippen LogP contribution < -0.4 is 23.7 Å². The Bertz CT molecular complexity index is 2800. The smallest absolute Gasteiger partial charge is 0.493 e. The van der Waals surface area contributed by atoms with Gasteiger partial charge in [-0.15, -0.1) is 11.8 Å². The maximum Gasteiger partial charge on any atom is 0.518 e. The van der Waals surface area contributed by atoms with Crippen molar-refractivity contribution < 1.29 is 57.1 Å². The molecule has 65 heavy (non-hydrogen) atoms. The second kappa shape index (κ2) is 15.8. The summed E-state index contributed by atoms with van der Waals surface area (Å²) >= 11 is 1.34. The number of nitrogens with zero attached hydrogens (tertiary/aromatic N) is 4. The number of carbonyl (C=O) groups is 4. The second-order valence-corrected chi connectivity index (χ2v) is 17.9. The Kier molecular flexibility index (Phi) is 10.3. The summed E-state index contributed by atoms with van der Waals surface area (Å²) in [4.78, 5) is 65.2. The SMILES string of the molecule is C=COC(=O)Oc1c(OC)c(C)cc2c1[C@@H]1C3[C@@H]4SC[C@]5(C(=O)OCC(c6c7c(c(C)c(OC(C)=O)c64)OCO7)N3[C@@H](C#N)[C@H](C2)N1C)c1[nH]c2ccccc2c1CCN5C(=O)OC=C. The zero-order valence-electron chi connectivity index (χ0n) is 36.3. The first-order valence-corrected chi connectivity index (χ1v) is 22.2. The normalized spacial score (nSPS) is 26.1. The molecular formula is C47H45N5O12S. The quantitative estimate of drug-likeness (QED) is 0.0731. The number of nitrogens with one attached hydrogen (secondary N) is 1. The van der Waals surface area contributed by atoms with Gasteiger partial charge in [0.1, 0.15) is 18.4 Å². The number of fused-ring (bicyclic) bond motifs is 11. The molecule has 0 aliphatic carbocycles. The van der Waals surface area contributed by atoms with Crippen molar-refractivity contribution in [2.75, 3.05) is 39.9 Å². The summed E-state index contributed by atoms with van der Waals surface area (Å²) in [6.45, 7) is 11.8. The van der Waals surface area contributed by atoms with Crippen LogP contribution in [-0.4, -0.2) is 102 Å². The summed E-state index contributed by atoms with van der Waals surface area (Å²) in [5.41, 5.74) is 4.08. The van der Waals surface area contributed by atoms with E-state index in [4.69, 9.17) is 37.9 Å². The highest BCUT2D eigenvalue weighted by Gasteiger charge is 2.63. The number of H-pyrrole nitrogens is 1. The largest absolute Gasteiger partial charge is 0.518 e. The molecule has 1 N–H and O–H groups in total. The fraction of sp³-hybridized carbons (Fsp3) is 0.383. The van der Waals surface area contributed by atoms with Gasteiger partial charge in [0.05, 0.1) is 48.7 Å². The van der Waals surface area contributed by atoms with Gasteiger partial charge in [0.15, 0.2) is 28.5 Å². The number of esters is 2. The number of aromatic amines is 1. The molecule has 4 aromatic rings. The number of aryl methyl sites for hydroxylation is 1. The summed E-state index contributed by atoms with van der Waals surface area (Å²) in [5.74, 6) is 0.0173. The monoisotopic (exact) mass is 903 g/mol. The number of rotatable bonds is 5. The summed E-state index contributed by atoms with van der Waals surface area (Å²) in [5, 5.41) is 11.5. The van der Waals surface area contributed by atoms with Crippen molar-refractivity contribution >= 4 is 46.9 Å². The lowest BCUT2D eigenvalue weighted by molar-refractivity contribution is -0.163. The molecule has 17 nitrogen and oxygen atoms in total. The van der Waals surface area contributed by atoms with Crippen molar-refractivity contribution in [2.45, 2.75) is 74.6 Å². The molecule has 7 aliphatic rings. The highest BCUT2D eigenvalue weighted by atomic mass is 32.2. The number of piperazine rings is 1. The Labute approximate surface area is 377 Å². The molecular weight excluding hydrogens is 859 g/mol. The molecule has 18 heteroatoms. The molecule has 11 rings (SSSR count). The van der Waals surface area contributed by atoms with Crippen LogP contribution in [0.5, 0.6) is 28.7 Å². The van der Waals surface area contributed by atoms with Crippen molar-refractivity contribution in [2.24, 2.45) is 0 Å². The molecule has 336 valence electrons. The van der Waals surface area contributed by atoms with Gasteiger partial charge < -0.3 is 42.9 Å². The molecule has 0 saturated carbocycles. The average Bonchev–Trinajstić information content (AvgIpc) is 3.93. The van der Waals surface area contributed by atoms with E-state index in [1.807, 2.05) is 44.3 Å². The molecule has 8 heterocycles. The third-order valence-electron chi connectivity index (χ3n) is 13.8. The van der Waals surface area contributed by atoms with E-state index < -0.39 is 65.2 Å². The second-order valence-electron chi connectivity index (χ2n) is 16.8. The van der Waals surface area contributed by atoms with E-state index in [9.17, 15) is 19.6 Å². The molecule has 4 bridgehead atoms. The van der Waals surface area contributed by atoms with E-state index in [0.717, 1.165) is 34.6 Å². The summed E-state index contributed by atoms with van der Waals surface area (Å²) < 4.78 is 47.7. The number of para-hydroxylation sites is 1. The number of benzene rings is 3. The number of amides is 1. The Morgan fingerprint density at radius 3 is 2.52 bits per heavy atom. The van der Waals surface area contributed by atoms with Crippen molar-refractivity contribution in [1.29, 1.82) is 5.26 Å². The van der Waals surface area contributed by atoms with Gasteiger partial charge in [0, 0.05) is 64.5 Å². The van der Waals surface area contributed by atoms with Crippen molar-refractivity contribution in [1.82, 2.24) is 19.7 Å². The van der Waals surface area contributed by atoms with Gasteiger partial charge in [-0.1, -0.05) is 37.4 Å². The Morgan fingerprint density at radius 2 is 1.78 bits per heavy atom. The maximum atomic E-state index is 15.5. The minimum Gasteiger partial charge on any atom is -0.493 e. The number of hydrogen-bond acceptors (Lipinski definition) is 16. The Hall–Kier alpha value is -6.68. The Morgan fingerprint density at radius 1 is 1.02 bits per heavy atom. The average molecular weight is 904 g/mol. The molecule has 2 saturated heterocycles. The molecule has 2 fully saturated rings. The molecule has 0 radical (unpaired) electrons. The van der Waals surface area contributed by atoms with Crippen LogP contribution >= 0.6 is 11.8 Å². The van der Waals surface area contributed by atoms with Crippen LogP contribution in [0.15, 0.2) is 56.0 Å². The van der Waals surface area contributed by atoms with Crippen LogP contribution in [0, 0.1) is 25.2 Å². The van der Waals surface area contributed by atoms with E-state index in [1.54, 1.807) is 6.92 Å². The lowest BCUT2D eigenvalue weighted by Crippen LogP contribution is -2.69. The molecule has 7 atom stereocenters. The van der Waals surface area contributed by atoms with Crippen molar-refractivity contribution in [3.05, 3.63) is 101 Å². The fourth-order valence-corrected chi connectivity index (χ4v) is 13.1. The Balaban J connectivity index is 1.27. The predicted molar refractivity (Wildman–Crippen MR) is 233 cm³/mol. The van der Waals surface area contributed by atoms with Gasteiger partial charge in [-0.05, 0) is 56.5 Å². The van der Waals surface area contributed by atoms with Gasteiger partial charge in [0.2, 0.25) is 6.79 Å². The van der Waals surface area contributed by atoms with E-state index in [2.05, 4.69) is 34.0 Å². The summed E-state index contributed by atoms with van der Waals surface area (Å²) in [7, 11) is 3.42. The summed E-state index contributed by atoms with van der Waals surface area (Å²) in [6.07, 6.45) is 0.953. The number of methoxy groups -OCH3 is 1. The van der Waals surface area contributed by atoms with E-state index in [1.165, 1.54) is 30.7 Å². The van der Waals surface area contributed by atoms with Crippen molar-refractivity contribution in [3.63, 3.8) is 0 Å². The number of likely N-dealkylation sites (N-methyl/N-ethyl adjacent to an activating group) is 1. The number of carbonyl (C=O) groups excluding carboxylic acids is 4. The number of thioether (sulfide) groups is 1. The van der Waals surface area contributed by atoms with Crippen LogP contribution in [0.25, 0.3) is 10.9 Å². The van der Waals surface area contributed by atoms with Crippen LogP contribution in [0.4, 0.5) is 9.59 Å². The first-order valence-electron chi connectivity index (χ1n) is 21.1. The zero-order valence-corrected chi connectivity index (χ0v) is 37.1. The van der Waals surface area contributed by atoms with Crippen LogP contribution in [0.1, 0.15) is 68.9 Å². The zero-order chi connectivity index (χ0) is 45.6. The molecule has 1 spiro atoms. The van der Waals surface area contributed by atoms with Crippen LogP contribution in [0.2, 0.25) is 0 Å². The lowest BCUT2D eigenvalue weighted by atomic mass is 9.71. The van der Waals surface area contributed by atoms with Gasteiger partial charge in [-0.2, -0.15) is 5.26 Å². The van der Waals surface area contributed by atoms with Crippen LogP contribution in [-0.2, 0) is 42.2 Å². The van der Waals surface area contributed by atoms with E-state index >= 15 is 4.79 Å². The van der Waals surface area contributed by atoms with E-state index in [-0.39, 0.29) is 37.2 Å². The summed E-state index contributed by atoms with van der Waals surface area (Å²) in [6, 6.07) is 8.77. The third kappa shape index (κ3) is 6.05. The standard InChI is InChI=1S/C47H45N5O12S/c1-8-58-45(55)51-15-14-27-26-12-10-11-13-28(26)49-43(27)47(51)20-65-42-34-33(40-39(61-21-62-40)23(4)38(34)63-24(5)53)31(19-60-44(47)54)52-30(18-48)29-17-25-16-22(3)37(57-7)41(64-46(56)59-9-2)32(25)35(36(42)52)50(29)6/h8-13,16,29-31,35-36,42,49H,1-2,14-15,17,19-21H2,3-7H3/t29-,30-,31?,35+,36?,42+,47+/m0/s1. The van der Waals surface area contributed by atoms with Gasteiger partial charge >= 0.3 is 24.2 Å². The number of nitriles is 1. The predicted octanol–water partition coefficient (Wildman–Crippen LogP) is 6.70. The third-order valence-corrected chi connectivity index (χ3v) is 15.2. The fourth-order valence-electron chi connectivity index (χ4n) is 11.3. The number of ether oxygens (including phenoxy) is 8. The number of aromatic nitrogens is 1. The van der Waals surface area contributed by atoms with Crippen LogP contribution in [0.3, 0.4) is 0 Å². The topological polar surface area (TPSA) is 191 Å². The first-order chi connectivity index (χ1) is 31.4. The highest BCUT2D eigenvalue weighted by Crippen LogP contribution is 2.65.